The minimum Gasteiger partial charge on any atom is -0.316 e. The fourth-order valence-corrected chi connectivity index (χ4v) is 3.03. The molecule has 0 spiro atoms. The van der Waals surface area contributed by atoms with E-state index < -0.39 is 0 Å². The lowest BCUT2D eigenvalue weighted by Crippen LogP contribution is -2.03. The van der Waals surface area contributed by atoms with Crippen molar-refractivity contribution in [1.29, 1.82) is 0 Å². The van der Waals surface area contributed by atoms with Gasteiger partial charge in [0.1, 0.15) is 0 Å². The molecule has 0 aromatic carbocycles. The number of nitrogens with zero attached hydrogens (tertiary/aromatic N) is 1. The molecule has 0 fully saturated rings. The van der Waals surface area contributed by atoms with Crippen LogP contribution < -0.4 is 5.32 Å². The summed E-state index contributed by atoms with van der Waals surface area (Å²) >= 11 is 3.36. The summed E-state index contributed by atoms with van der Waals surface area (Å²) in [6.45, 7) is 2.97. The van der Waals surface area contributed by atoms with E-state index in [1.165, 1.54) is 15.3 Å². The van der Waals surface area contributed by atoms with E-state index in [4.69, 9.17) is 0 Å². The highest BCUT2D eigenvalue weighted by Gasteiger charge is 2.04. The fraction of sp³-hybridized carbons (Fsp3) is 0.300. The van der Waals surface area contributed by atoms with Crippen LogP contribution in [0, 0.1) is 6.92 Å². The Bertz CT molecular complexity index is 417. The monoisotopic (exact) mass is 224 g/mol. The van der Waals surface area contributed by atoms with Crippen LogP contribution in [0.5, 0.6) is 0 Å². The molecule has 4 heteroatoms. The summed E-state index contributed by atoms with van der Waals surface area (Å²) in [5, 5.41) is 5.34. The molecule has 2 rings (SSSR count). The van der Waals surface area contributed by atoms with E-state index in [0.29, 0.717) is 0 Å². The van der Waals surface area contributed by atoms with Gasteiger partial charge in [0.15, 0.2) is 0 Å². The van der Waals surface area contributed by atoms with E-state index in [0.717, 1.165) is 12.2 Å². The SMILES string of the molecule is CNCc1csc(-c2cc(C)ns2)c1. The molecule has 1 N–H and O–H groups in total. The Morgan fingerprint density at radius 1 is 1.36 bits per heavy atom. The normalized spacial score (nSPS) is 10.7. The second kappa shape index (κ2) is 4.21. The highest BCUT2D eigenvalue weighted by atomic mass is 32.1. The van der Waals surface area contributed by atoms with Crippen molar-refractivity contribution in [3.8, 4) is 9.75 Å². The van der Waals surface area contributed by atoms with Gasteiger partial charge in [-0.1, -0.05) is 0 Å². The standard InChI is InChI=1S/C10H12N2S2/c1-7-3-10(14-12-7)9-4-8(5-11-2)6-13-9/h3-4,6,11H,5H2,1-2H3. The highest BCUT2D eigenvalue weighted by molar-refractivity contribution is 7.18. The Balaban J connectivity index is 2.24. The summed E-state index contributed by atoms with van der Waals surface area (Å²) in [6.07, 6.45) is 0. The average molecular weight is 224 g/mol. The molecule has 2 nitrogen and oxygen atoms in total. The third kappa shape index (κ3) is 2.03. The topological polar surface area (TPSA) is 24.9 Å². The first-order chi connectivity index (χ1) is 6.79. The molecule has 0 atom stereocenters. The van der Waals surface area contributed by atoms with Gasteiger partial charge < -0.3 is 5.32 Å². The van der Waals surface area contributed by atoms with Gasteiger partial charge in [0.05, 0.1) is 10.6 Å². The molecule has 0 aliphatic rings. The summed E-state index contributed by atoms with van der Waals surface area (Å²) < 4.78 is 4.28. The molecular formula is C10H12N2S2. The lowest BCUT2D eigenvalue weighted by Gasteiger charge is -1.91. The maximum absolute atomic E-state index is 4.28. The van der Waals surface area contributed by atoms with Gasteiger partial charge in [0.25, 0.3) is 0 Å². The molecule has 2 aromatic rings. The Kier molecular flexibility index (Phi) is 2.96. The fourth-order valence-electron chi connectivity index (χ4n) is 1.28. The molecule has 74 valence electrons. The van der Waals surface area contributed by atoms with Crippen LogP contribution in [-0.2, 0) is 6.54 Å². The molecule has 0 amide bonds. The molecule has 0 aliphatic carbocycles. The second-order valence-corrected chi connectivity index (χ2v) is 4.90. The van der Waals surface area contributed by atoms with Crippen molar-refractivity contribution in [2.24, 2.45) is 0 Å². The first-order valence-electron chi connectivity index (χ1n) is 4.45. The largest absolute Gasteiger partial charge is 0.316 e. The van der Waals surface area contributed by atoms with Gasteiger partial charge in [-0.15, -0.1) is 11.3 Å². The molecule has 2 heterocycles. The Hall–Kier alpha value is -0.710. The van der Waals surface area contributed by atoms with Crippen LogP contribution in [0.4, 0.5) is 0 Å². The molecule has 0 saturated carbocycles. The second-order valence-electron chi connectivity index (χ2n) is 3.18. The van der Waals surface area contributed by atoms with E-state index >= 15 is 0 Å². The Labute approximate surface area is 91.8 Å². The summed E-state index contributed by atoms with van der Waals surface area (Å²) in [5.41, 5.74) is 2.45. The lowest BCUT2D eigenvalue weighted by atomic mass is 10.3. The number of hydrogen-bond donors (Lipinski definition) is 1. The molecule has 14 heavy (non-hydrogen) atoms. The average Bonchev–Trinajstić information content (AvgIpc) is 2.74. The van der Waals surface area contributed by atoms with Crippen LogP contribution in [0.15, 0.2) is 17.5 Å². The summed E-state index contributed by atoms with van der Waals surface area (Å²) in [4.78, 5) is 2.59. The number of rotatable bonds is 3. The van der Waals surface area contributed by atoms with Gasteiger partial charge in [-0.25, -0.2) is 0 Å². The third-order valence-electron chi connectivity index (χ3n) is 1.91. The predicted octanol–water partition coefficient (Wildman–Crippen LogP) is 2.90. The summed E-state index contributed by atoms with van der Waals surface area (Å²) in [7, 11) is 1.97. The molecular weight excluding hydrogens is 212 g/mol. The zero-order valence-corrected chi connectivity index (χ0v) is 9.84. The molecule has 0 bridgehead atoms. The van der Waals surface area contributed by atoms with E-state index in [-0.39, 0.29) is 0 Å². The van der Waals surface area contributed by atoms with Gasteiger partial charge >= 0.3 is 0 Å². The smallest absolute Gasteiger partial charge is 0.0652 e. The summed E-state index contributed by atoms with van der Waals surface area (Å²) in [6, 6.07) is 4.37. The summed E-state index contributed by atoms with van der Waals surface area (Å²) in [5.74, 6) is 0. The minimum absolute atomic E-state index is 0.939. The van der Waals surface area contributed by atoms with E-state index in [1.807, 2.05) is 14.0 Å². The van der Waals surface area contributed by atoms with Gasteiger partial charge in [-0.05, 0) is 48.6 Å². The zero-order chi connectivity index (χ0) is 9.97. The number of nitrogens with one attached hydrogen (secondary N) is 1. The van der Waals surface area contributed by atoms with Crippen molar-refractivity contribution in [3.05, 3.63) is 28.8 Å². The van der Waals surface area contributed by atoms with Crippen LogP contribution in [0.25, 0.3) is 9.75 Å². The van der Waals surface area contributed by atoms with Crippen molar-refractivity contribution in [2.75, 3.05) is 7.05 Å². The van der Waals surface area contributed by atoms with Crippen molar-refractivity contribution in [3.63, 3.8) is 0 Å². The number of thiophene rings is 1. The van der Waals surface area contributed by atoms with E-state index in [1.54, 1.807) is 22.9 Å². The molecule has 0 aliphatic heterocycles. The lowest BCUT2D eigenvalue weighted by molar-refractivity contribution is 0.821. The van der Waals surface area contributed by atoms with Crippen molar-refractivity contribution < 1.29 is 0 Å². The van der Waals surface area contributed by atoms with E-state index in [9.17, 15) is 0 Å². The highest BCUT2D eigenvalue weighted by Crippen LogP contribution is 2.30. The first-order valence-corrected chi connectivity index (χ1v) is 6.10. The molecule has 2 aromatic heterocycles. The van der Waals surface area contributed by atoms with E-state index in [2.05, 4.69) is 27.2 Å². The van der Waals surface area contributed by atoms with Crippen LogP contribution in [0.3, 0.4) is 0 Å². The van der Waals surface area contributed by atoms with Crippen molar-refractivity contribution in [1.82, 2.24) is 9.69 Å². The number of hydrogen-bond acceptors (Lipinski definition) is 4. The maximum Gasteiger partial charge on any atom is 0.0652 e. The van der Waals surface area contributed by atoms with Crippen molar-refractivity contribution >= 4 is 22.9 Å². The minimum atomic E-state index is 0.939. The van der Waals surface area contributed by atoms with Crippen LogP contribution in [-0.4, -0.2) is 11.4 Å². The van der Waals surface area contributed by atoms with Gasteiger partial charge in [0.2, 0.25) is 0 Å². The van der Waals surface area contributed by atoms with Crippen LogP contribution >= 0.6 is 22.9 Å². The predicted molar refractivity (Wildman–Crippen MR) is 62.9 cm³/mol. The molecule has 0 unspecified atom stereocenters. The number of aromatic nitrogens is 1. The Morgan fingerprint density at radius 3 is 2.86 bits per heavy atom. The quantitative estimate of drug-likeness (QED) is 0.867. The first kappa shape index (κ1) is 9.83. The van der Waals surface area contributed by atoms with Crippen LogP contribution in [0.2, 0.25) is 0 Å². The Morgan fingerprint density at radius 2 is 2.21 bits per heavy atom. The van der Waals surface area contributed by atoms with Crippen molar-refractivity contribution in [2.45, 2.75) is 13.5 Å². The molecule has 0 radical (unpaired) electrons. The van der Waals surface area contributed by atoms with Crippen LogP contribution in [0.1, 0.15) is 11.3 Å². The maximum atomic E-state index is 4.28. The zero-order valence-electron chi connectivity index (χ0n) is 8.20. The van der Waals surface area contributed by atoms with Gasteiger partial charge in [-0.2, -0.15) is 4.37 Å². The van der Waals surface area contributed by atoms with Gasteiger partial charge in [-0.3, -0.25) is 0 Å². The molecule has 0 saturated heterocycles. The number of aryl methyl sites for hydroxylation is 1. The van der Waals surface area contributed by atoms with Gasteiger partial charge in [0, 0.05) is 11.4 Å². The third-order valence-corrected chi connectivity index (χ3v) is 3.96.